The lowest BCUT2D eigenvalue weighted by atomic mass is 10.0. The van der Waals surface area contributed by atoms with E-state index in [0.29, 0.717) is 5.92 Å². The van der Waals surface area contributed by atoms with E-state index in [-0.39, 0.29) is 11.8 Å². The molecule has 0 heterocycles. The molecule has 1 aromatic rings. The van der Waals surface area contributed by atoms with Crippen LogP contribution in [-0.4, -0.2) is 5.11 Å². The molecule has 1 fully saturated rings. The van der Waals surface area contributed by atoms with Crippen molar-refractivity contribution in [3.63, 3.8) is 0 Å². The number of phenolic OH excluding ortho intramolecular Hbond substituents is 1. The summed E-state index contributed by atoms with van der Waals surface area (Å²) in [5.41, 5.74) is 6.88. The zero-order valence-electron chi connectivity index (χ0n) is 7.50. The first kappa shape index (κ1) is 10.5. The summed E-state index contributed by atoms with van der Waals surface area (Å²) < 4.78 is 1.73. The van der Waals surface area contributed by atoms with Gasteiger partial charge >= 0.3 is 0 Å². The highest BCUT2D eigenvalue weighted by molar-refractivity contribution is 9.11. The van der Waals surface area contributed by atoms with Gasteiger partial charge < -0.3 is 10.8 Å². The monoisotopic (exact) mass is 319 g/mol. The Balaban J connectivity index is 2.40. The van der Waals surface area contributed by atoms with Crippen LogP contribution in [0.25, 0.3) is 0 Å². The van der Waals surface area contributed by atoms with Crippen LogP contribution in [0.1, 0.15) is 24.4 Å². The maximum atomic E-state index is 9.78. The van der Waals surface area contributed by atoms with Crippen LogP contribution in [0, 0.1) is 5.92 Å². The molecule has 14 heavy (non-hydrogen) atoms. The van der Waals surface area contributed by atoms with E-state index in [9.17, 15) is 5.11 Å². The first-order valence-electron chi connectivity index (χ1n) is 4.53. The molecule has 2 rings (SSSR count). The van der Waals surface area contributed by atoms with Crippen LogP contribution in [-0.2, 0) is 0 Å². The van der Waals surface area contributed by atoms with E-state index in [2.05, 4.69) is 31.9 Å². The van der Waals surface area contributed by atoms with Crippen molar-refractivity contribution in [2.75, 3.05) is 0 Å². The molecule has 0 unspecified atom stereocenters. The van der Waals surface area contributed by atoms with Crippen molar-refractivity contribution in [3.05, 3.63) is 26.6 Å². The van der Waals surface area contributed by atoms with Gasteiger partial charge in [0.15, 0.2) is 0 Å². The minimum atomic E-state index is -0.0440. The summed E-state index contributed by atoms with van der Waals surface area (Å²) in [5.74, 6) is 0.809. The molecule has 1 aliphatic rings. The topological polar surface area (TPSA) is 46.2 Å². The second-order valence-corrected chi connectivity index (χ2v) is 5.45. The number of hydrogen-bond acceptors (Lipinski definition) is 2. The fraction of sp³-hybridized carbons (Fsp3) is 0.400. The van der Waals surface area contributed by atoms with Crippen molar-refractivity contribution in [3.8, 4) is 5.75 Å². The predicted octanol–water partition coefficient (Wildman–Crippen LogP) is 3.33. The standard InChI is InChI=1S/C10H11Br2NO/c11-6-3-7(12)9(8(14)4-6)10(13)5-1-2-5/h3-5,10,14H,1-2,13H2/t10-/m0/s1. The molecular formula is C10H11Br2NO. The zero-order valence-corrected chi connectivity index (χ0v) is 10.7. The van der Waals surface area contributed by atoms with Crippen LogP contribution in [0.2, 0.25) is 0 Å². The largest absolute Gasteiger partial charge is 0.508 e. The molecule has 3 N–H and O–H groups in total. The molecule has 0 amide bonds. The maximum absolute atomic E-state index is 9.78. The smallest absolute Gasteiger partial charge is 0.122 e. The summed E-state index contributed by atoms with van der Waals surface area (Å²) in [6.07, 6.45) is 2.34. The molecule has 0 aliphatic heterocycles. The Morgan fingerprint density at radius 1 is 1.36 bits per heavy atom. The van der Waals surface area contributed by atoms with Gasteiger partial charge in [0.2, 0.25) is 0 Å². The Morgan fingerprint density at radius 2 is 2.00 bits per heavy atom. The van der Waals surface area contributed by atoms with E-state index < -0.39 is 0 Å². The molecule has 76 valence electrons. The number of aromatic hydroxyl groups is 1. The Hall–Kier alpha value is -0.0600. The van der Waals surface area contributed by atoms with Gasteiger partial charge in [-0.25, -0.2) is 0 Å². The number of hydrogen-bond donors (Lipinski definition) is 2. The number of rotatable bonds is 2. The SMILES string of the molecule is N[C@H](c1c(O)cc(Br)cc1Br)C1CC1. The molecule has 0 spiro atoms. The fourth-order valence-electron chi connectivity index (χ4n) is 1.59. The third-order valence-corrected chi connectivity index (χ3v) is 3.65. The first-order chi connectivity index (χ1) is 6.59. The maximum Gasteiger partial charge on any atom is 0.122 e. The van der Waals surface area contributed by atoms with Gasteiger partial charge in [0.05, 0.1) is 0 Å². The minimum Gasteiger partial charge on any atom is -0.508 e. The molecule has 0 saturated heterocycles. The van der Waals surface area contributed by atoms with Gasteiger partial charge in [0, 0.05) is 20.6 Å². The van der Waals surface area contributed by atoms with E-state index in [1.165, 1.54) is 12.8 Å². The lowest BCUT2D eigenvalue weighted by Crippen LogP contribution is -2.13. The predicted molar refractivity (Wildman–Crippen MR) is 63.2 cm³/mol. The number of nitrogens with two attached hydrogens (primary N) is 1. The molecule has 2 nitrogen and oxygen atoms in total. The molecule has 1 aromatic carbocycles. The summed E-state index contributed by atoms with van der Waals surface area (Å²) in [4.78, 5) is 0. The highest BCUT2D eigenvalue weighted by atomic mass is 79.9. The molecule has 0 radical (unpaired) electrons. The van der Waals surface area contributed by atoms with E-state index in [4.69, 9.17) is 5.73 Å². The number of phenols is 1. The van der Waals surface area contributed by atoms with E-state index in [0.717, 1.165) is 14.5 Å². The normalized spacial score (nSPS) is 18.2. The lowest BCUT2D eigenvalue weighted by Gasteiger charge is -2.15. The summed E-state index contributed by atoms with van der Waals surface area (Å²) >= 11 is 6.74. The molecule has 1 aliphatic carbocycles. The Labute approximate surface area is 99.8 Å². The van der Waals surface area contributed by atoms with Gasteiger partial charge in [-0.2, -0.15) is 0 Å². The van der Waals surface area contributed by atoms with Crippen molar-refractivity contribution in [2.45, 2.75) is 18.9 Å². The molecule has 4 heteroatoms. The zero-order chi connectivity index (χ0) is 10.3. The lowest BCUT2D eigenvalue weighted by molar-refractivity contribution is 0.455. The van der Waals surface area contributed by atoms with Gasteiger partial charge in [-0.15, -0.1) is 0 Å². The van der Waals surface area contributed by atoms with Crippen molar-refractivity contribution < 1.29 is 5.11 Å². The van der Waals surface area contributed by atoms with Crippen LogP contribution in [0.3, 0.4) is 0 Å². The number of halogens is 2. The van der Waals surface area contributed by atoms with Crippen LogP contribution in [0.4, 0.5) is 0 Å². The second-order valence-electron chi connectivity index (χ2n) is 3.68. The van der Waals surface area contributed by atoms with E-state index >= 15 is 0 Å². The van der Waals surface area contributed by atoms with Gasteiger partial charge in [-0.1, -0.05) is 31.9 Å². The average Bonchev–Trinajstić information content (AvgIpc) is 2.83. The fourth-order valence-corrected chi connectivity index (χ4v) is 3.06. The molecule has 1 atom stereocenters. The molecule has 0 bridgehead atoms. The van der Waals surface area contributed by atoms with Crippen LogP contribution >= 0.6 is 31.9 Å². The summed E-state index contributed by atoms with van der Waals surface area (Å²) in [6.45, 7) is 0. The first-order valence-corrected chi connectivity index (χ1v) is 6.11. The Bertz CT molecular complexity index is 340. The van der Waals surface area contributed by atoms with Gasteiger partial charge in [-0.05, 0) is 30.9 Å². The van der Waals surface area contributed by atoms with Gasteiger partial charge in [0.25, 0.3) is 0 Å². The van der Waals surface area contributed by atoms with E-state index in [1.54, 1.807) is 6.07 Å². The Kier molecular flexibility index (Phi) is 2.86. The van der Waals surface area contributed by atoms with Crippen molar-refractivity contribution in [2.24, 2.45) is 11.7 Å². The molecule has 0 aromatic heterocycles. The number of benzene rings is 1. The van der Waals surface area contributed by atoms with Gasteiger partial charge in [0.1, 0.15) is 5.75 Å². The second kappa shape index (κ2) is 3.83. The van der Waals surface area contributed by atoms with Crippen molar-refractivity contribution in [1.82, 2.24) is 0 Å². The third-order valence-electron chi connectivity index (χ3n) is 2.54. The van der Waals surface area contributed by atoms with Gasteiger partial charge in [-0.3, -0.25) is 0 Å². The Morgan fingerprint density at radius 3 is 2.50 bits per heavy atom. The van der Waals surface area contributed by atoms with Crippen molar-refractivity contribution >= 4 is 31.9 Å². The summed E-state index contributed by atoms with van der Waals surface area (Å²) in [6, 6.07) is 3.55. The van der Waals surface area contributed by atoms with Crippen molar-refractivity contribution in [1.29, 1.82) is 0 Å². The van der Waals surface area contributed by atoms with E-state index in [1.807, 2.05) is 6.07 Å². The quantitative estimate of drug-likeness (QED) is 0.878. The van der Waals surface area contributed by atoms with Crippen LogP contribution in [0.15, 0.2) is 21.1 Å². The van der Waals surface area contributed by atoms with Crippen LogP contribution in [0.5, 0.6) is 5.75 Å². The average molecular weight is 321 g/mol. The van der Waals surface area contributed by atoms with Crippen LogP contribution < -0.4 is 5.73 Å². The minimum absolute atomic E-state index is 0.0440. The molecule has 1 saturated carbocycles. The summed E-state index contributed by atoms with van der Waals surface area (Å²) in [7, 11) is 0. The highest BCUT2D eigenvalue weighted by Gasteiger charge is 2.32. The molecular weight excluding hydrogens is 310 g/mol. The highest BCUT2D eigenvalue weighted by Crippen LogP contribution is 2.45. The third kappa shape index (κ3) is 1.97. The summed E-state index contributed by atoms with van der Waals surface area (Å²) in [5, 5.41) is 9.78.